The molecule has 184 valence electrons. The van der Waals surface area contributed by atoms with Crippen LogP contribution in [0.1, 0.15) is 94.4 Å². The zero-order valence-electron chi connectivity index (χ0n) is 21.1. The van der Waals surface area contributed by atoms with E-state index in [0.717, 1.165) is 36.9 Å². The van der Waals surface area contributed by atoms with Crippen LogP contribution in [0.2, 0.25) is 5.02 Å². The number of benzene rings is 1. The number of aromatic nitrogens is 2. The molecule has 6 nitrogen and oxygen atoms in total. The monoisotopic (exact) mass is 484 g/mol. The fourth-order valence-electron chi connectivity index (χ4n) is 5.09. The van der Waals surface area contributed by atoms with Gasteiger partial charge in [0.1, 0.15) is 11.2 Å². The molecule has 2 aliphatic rings. The molecule has 1 saturated carbocycles. The molecule has 1 fully saturated rings. The van der Waals surface area contributed by atoms with Gasteiger partial charge in [-0.2, -0.15) is 5.10 Å². The minimum atomic E-state index is -1.14. The highest BCUT2D eigenvalue weighted by molar-refractivity contribution is 6.31. The lowest BCUT2D eigenvalue weighted by Gasteiger charge is -2.44. The number of hydrogen-bond acceptors (Lipinski definition) is 3. The van der Waals surface area contributed by atoms with E-state index in [1.807, 2.05) is 32.0 Å². The van der Waals surface area contributed by atoms with E-state index in [9.17, 15) is 9.59 Å². The first-order valence-corrected chi connectivity index (χ1v) is 12.9. The Morgan fingerprint density at radius 1 is 1.12 bits per heavy atom. The maximum Gasteiger partial charge on any atom is 0.277 e. The molecular weight excluding hydrogens is 448 g/mol. The SMILES string of the molecule is Cc1ccc(Cl)cc1N1C(=O)c2cc(C(C)(C)C)nn2C[C@]1(C)C(=O)NC1CCCCCCC1. The van der Waals surface area contributed by atoms with Crippen molar-refractivity contribution in [2.45, 2.75) is 103 Å². The van der Waals surface area contributed by atoms with Gasteiger partial charge in [-0.25, -0.2) is 0 Å². The van der Waals surface area contributed by atoms with Crippen LogP contribution in [0.5, 0.6) is 0 Å². The van der Waals surface area contributed by atoms with Crippen molar-refractivity contribution in [2.75, 3.05) is 4.90 Å². The molecule has 1 aromatic heterocycles. The number of nitrogens with zero attached hydrogens (tertiary/aromatic N) is 3. The van der Waals surface area contributed by atoms with Gasteiger partial charge >= 0.3 is 0 Å². The normalized spacial score (nSPS) is 22.2. The first-order valence-electron chi connectivity index (χ1n) is 12.5. The van der Waals surface area contributed by atoms with Crippen LogP contribution in [-0.2, 0) is 16.8 Å². The fraction of sp³-hybridized carbons (Fsp3) is 0.593. The Bertz CT molecular complexity index is 1080. The van der Waals surface area contributed by atoms with Gasteiger partial charge < -0.3 is 5.32 Å². The highest BCUT2D eigenvalue weighted by Crippen LogP contribution is 2.37. The largest absolute Gasteiger partial charge is 0.351 e. The van der Waals surface area contributed by atoms with Crippen molar-refractivity contribution in [1.82, 2.24) is 15.1 Å². The lowest BCUT2D eigenvalue weighted by molar-refractivity contribution is -0.127. The third-order valence-electron chi connectivity index (χ3n) is 7.26. The number of aryl methyl sites for hydroxylation is 1. The molecule has 0 spiro atoms. The van der Waals surface area contributed by atoms with E-state index in [2.05, 4.69) is 26.1 Å². The number of nitrogens with one attached hydrogen (secondary N) is 1. The molecule has 0 bridgehead atoms. The standard InChI is InChI=1S/C27H37ClN4O2/c1-18-13-14-19(28)15-21(18)32-24(33)22-16-23(26(2,3)4)30-31(22)17-27(32,5)25(34)29-20-11-9-7-6-8-10-12-20/h13-16,20H,6-12,17H2,1-5H3,(H,29,34)/t27-/m1/s1. The van der Waals surface area contributed by atoms with Crippen LogP contribution in [-0.4, -0.2) is 33.2 Å². The summed E-state index contributed by atoms with van der Waals surface area (Å²) in [7, 11) is 0. The number of halogens is 1. The van der Waals surface area contributed by atoms with Crippen LogP contribution in [0.3, 0.4) is 0 Å². The van der Waals surface area contributed by atoms with Gasteiger partial charge in [0.05, 0.1) is 12.2 Å². The van der Waals surface area contributed by atoms with Gasteiger partial charge in [-0.1, -0.05) is 70.5 Å². The van der Waals surface area contributed by atoms with E-state index in [1.54, 1.807) is 15.6 Å². The number of fused-ring (bicyclic) bond motifs is 1. The molecule has 34 heavy (non-hydrogen) atoms. The molecular formula is C27H37ClN4O2. The summed E-state index contributed by atoms with van der Waals surface area (Å²) in [6, 6.07) is 7.48. The lowest BCUT2D eigenvalue weighted by atomic mass is 9.90. The number of carbonyl (C=O) groups excluding carboxylic acids is 2. The Morgan fingerprint density at radius 3 is 2.41 bits per heavy atom. The van der Waals surface area contributed by atoms with Crippen molar-refractivity contribution in [3.63, 3.8) is 0 Å². The summed E-state index contributed by atoms with van der Waals surface area (Å²) in [4.78, 5) is 29.6. The molecule has 0 saturated heterocycles. The van der Waals surface area contributed by atoms with Gasteiger partial charge in [0.25, 0.3) is 5.91 Å². The van der Waals surface area contributed by atoms with Gasteiger partial charge in [-0.3, -0.25) is 19.2 Å². The molecule has 1 aliphatic carbocycles. The summed E-state index contributed by atoms with van der Waals surface area (Å²) in [5.41, 5.74) is 1.55. The summed E-state index contributed by atoms with van der Waals surface area (Å²) in [6.45, 7) is 10.3. The maximum absolute atomic E-state index is 14.0. The second-order valence-corrected chi connectivity index (χ2v) is 11.6. The van der Waals surface area contributed by atoms with Crippen LogP contribution in [0.4, 0.5) is 5.69 Å². The van der Waals surface area contributed by atoms with Crippen molar-refractivity contribution in [2.24, 2.45) is 0 Å². The third kappa shape index (κ3) is 4.74. The highest BCUT2D eigenvalue weighted by Gasteiger charge is 2.50. The maximum atomic E-state index is 14.0. The van der Waals surface area contributed by atoms with Crippen LogP contribution < -0.4 is 10.2 Å². The van der Waals surface area contributed by atoms with Gasteiger partial charge in [0, 0.05) is 22.2 Å². The number of carbonyl (C=O) groups is 2. The van der Waals surface area contributed by atoms with Crippen LogP contribution in [0.25, 0.3) is 0 Å². The van der Waals surface area contributed by atoms with Crippen LogP contribution in [0, 0.1) is 6.92 Å². The molecule has 1 atom stereocenters. The molecule has 1 aliphatic heterocycles. The topological polar surface area (TPSA) is 67.2 Å². The Morgan fingerprint density at radius 2 is 1.76 bits per heavy atom. The first kappa shape index (κ1) is 24.8. The second-order valence-electron chi connectivity index (χ2n) is 11.2. The van der Waals surface area contributed by atoms with Gasteiger partial charge in [-0.15, -0.1) is 0 Å². The quantitative estimate of drug-likeness (QED) is 0.599. The van der Waals surface area contributed by atoms with E-state index in [0.29, 0.717) is 16.4 Å². The van der Waals surface area contributed by atoms with Crippen molar-refractivity contribution in [1.29, 1.82) is 0 Å². The first-order chi connectivity index (χ1) is 16.0. The van der Waals surface area contributed by atoms with Gasteiger partial charge in [-0.05, 0) is 50.5 Å². The molecule has 1 N–H and O–H groups in total. The smallest absolute Gasteiger partial charge is 0.277 e. The van der Waals surface area contributed by atoms with Crippen molar-refractivity contribution < 1.29 is 9.59 Å². The number of rotatable bonds is 3. The molecule has 4 rings (SSSR count). The van der Waals surface area contributed by atoms with Crippen molar-refractivity contribution >= 4 is 29.1 Å². The van der Waals surface area contributed by atoms with Crippen molar-refractivity contribution in [3.8, 4) is 0 Å². The van der Waals surface area contributed by atoms with Gasteiger partial charge in [0.2, 0.25) is 5.91 Å². The molecule has 2 aromatic rings. The Hall–Kier alpha value is -2.34. The van der Waals surface area contributed by atoms with E-state index < -0.39 is 5.54 Å². The molecule has 1 aromatic carbocycles. The predicted octanol–water partition coefficient (Wildman–Crippen LogP) is 5.79. The van der Waals surface area contributed by atoms with E-state index in [4.69, 9.17) is 16.7 Å². The average Bonchev–Trinajstić information content (AvgIpc) is 3.17. The Balaban J connectivity index is 1.76. The van der Waals surface area contributed by atoms with E-state index in [-0.39, 0.29) is 29.8 Å². The molecule has 2 amide bonds. The Kier molecular flexibility index (Phi) is 6.83. The molecule has 0 radical (unpaired) electrons. The van der Waals surface area contributed by atoms with E-state index >= 15 is 0 Å². The molecule has 0 unspecified atom stereocenters. The Labute approximate surface area is 208 Å². The molecule has 2 heterocycles. The minimum Gasteiger partial charge on any atom is -0.351 e. The zero-order chi connectivity index (χ0) is 24.7. The molecule has 7 heteroatoms. The summed E-state index contributed by atoms with van der Waals surface area (Å²) in [6.07, 6.45) is 7.89. The van der Waals surface area contributed by atoms with E-state index in [1.165, 1.54) is 19.3 Å². The second kappa shape index (κ2) is 9.37. The van der Waals surface area contributed by atoms with Gasteiger partial charge in [0.15, 0.2) is 0 Å². The summed E-state index contributed by atoms with van der Waals surface area (Å²) in [5, 5.41) is 8.60. The number of amides is 2. The third-order valence-corrected chi connectivity index (χ3v) is 7.50. The van der Waals surface area contributed by atoms with Crippen LogP contribution >= 0.6 is 11.6 Å². The van der Waals surface area contributed by atoms with Crippen molar-refractivity contribution in [3.05, 3.63) is 46.2 Å². The highest BCUT2D eigenvalue weighted by atomic mass is 35.5. The number of hydrogen-bond donors (Lipinski definition) is 1. The minimum absolute atomic E-state index is 0.131. The summed E-state index contributed by atoms with van der Waals surface area (Å²) in [5.74, 6) is -0.362. The predicted molar refractivity (Wildman–Crippen MR) is 137 cm³/mol. The lowest BCUT2D eigenvalue weighted by Crippen LogP contribution is -2.65. The van der Waals surface area contributed by atoms with Crippen LogP contribution in [0.15, 0.2) is 24.3 Å². The average molecular weight is 485 g/mol. The summed E-state index contributed by atoms with van der Waals surface area (Å²) < 4.78 is 1.72. The summed E-state index contributed by atoms with van der Waals surface area (Å²) >= 11 is 6.35. The number of anilines is 1. The zero-order valence-corrected chi connectivity index (χ0v) is 21.8. The fourth-order valence-corrected chi connectivity index (χ4v) is 5.26.